The Morgan fingerprint density at radius 2 is 1.85 bits per heavy atom. The van der Waals surface area contributed by atoms with Crippen molar-refractivity contribution in [3.8, 4) is 0 Å². The lowest BCUT2D eigenvalue weighted by Gasteiger charge is -2.24. The molecule has 5 rings (SSSR count). The van der Waals surface area contributed by atoms with Crippen LogP contribution >= 0.6 is 11.6 Å². The van der Waals surface area contributed by atoms with Crippen LogP contribution in [0.25, 0.3) is 10.9 Å². The number of carboxylic acid groups (broad SMARTS) is 1. The van der Waals surface area contributed by atoms with Gasteiger partial charge in [0.1, 0.15) is 11.4 Å². The van der Waals surface area contributed by atoms with Crippen LogP contribution in [-0.4, -0.2) is 40.7 Å². The number of hydrogen-bond donors (Lipinski definition) is 2. The standard InChI is InChI=1S/C30H33ClFN3O4/c1-16(2)12-18-4-6-19(7-5-18)17(3)29(37)33-20-10-11-34(14-20)27-24(32)13-22-26(25(27)31)35(21-8-9-21)15-23(28(22)36)30(38)39/h4-7,13,15-17,20-21H,8-12,14H2,1-3H3,(H,33,37)(H,38,39). The summed E-state index contributed by atoms with van der Waals surface area (Å²) < 4.78 is 17.1. The molecule has 1 aliphatic heterocycles. The monoisotopic (exact) mass is 553 g/mol. The van der Waals surface area contributed by atoms with E-state index in [1.807, 2.05) is 19.1 Å². The number of carbonyl (C=O) groups excluding carboxylic acids is 1. The number of amides is 1. The zero-order valence-electron chi connectivity index (χ0n) is 22.3. The van der Waals surface area contributed by atoms with Crippen molar-refractivity contribution < 1.29 is 19.1 Å². The predicted octanol–water partition coefficient (Wildman–Crippen LogP) is 5.52. The van der Waals surface area contributed by atoms with E-state index in [1.165, 1.54) is 11.8 Å². The minimum atomic E-state index is -1.35. The number of aromatic carboxylic acids is 1. The van der Waals surface area contributed by atoms with Crippen molar-refractivity contribution in [1.29, 1.82) is 0 Å². The highest BCUT2D eigenvalue weighted by Crippen LogP contribution is 2.42. The fourth-order valence-corrected chi connectivity index (χ4v) is 5.90. The van der Waals surface area contributed by atoms with Crippen LogP contribution in [0.5, 0.6) is 0 Å². The Balaban J connectivity index is 1.35. The first kappa shape index (κ1) is 27.2. The second kappa shape index (κ2) is 10.6. The minimum absolute atomic E-state index is 0.0218. The lowest BCUT2D eigenvalue weighted by atomic mass is 9.96. The fourth-order valence-electron chi connectivity index (χ4n) is 5.49. The molecule has 2 fully saturated rings. The van der Waals surface area contributed by atoms with E-state index < -0.39 is 22.8 Å². The van der Waals surface area contributed by atoms with Crippen molar-refractivity contribution in [2.24, 2.45) is 5.92 Å². The van der Waals surface area contributed by atoms with Crippen LogP contribution in [0.3, 0.4) is 0 Å². The Hall–Kier alpha value is -3.39. The van der Waals surface area contributed by atoms with Gasteiger partial charge in [0.15, 0.2) is 0 Å². The lowest BCUT2D eigenvalue weighted by molar-refractivity contribution is -0.122. The molecule has 3 aromatic rings. The summed E-state index contributed by atoms with van der Waals surface area (Å²) in [7, 11) is 0. The van der Waals surface area contributed by atoms with E-state index in [9.17, 15) is 19.5 Å². The van der Waals surface area contributed by atoms with Crippen LogP contribution in [0, 0.1) is 11.7 Å². The van der Waals surface area contributed by atoms with Gasteiger partial charge in [0.05, 0.1) is 27.5 Å². The molecule has 2 unspecified atom stereocenters. The molecule has 2 heterocycles. The molecular formula is C30H33ClFN3O4. The zero-order chi connectivity index (χ0) is 28.0. The third kappa shape index (κ3) is 5.39. The molecule has 9 heteroatoms. The van der Waals surface area contributed by atoms with Crippen LogP contribution in [0.4, 0.5) is 10.1 Å². The van der Waals surface area contributed by atoms with Crippen molar-refractivity contribution in [2.45, 2.75) is 64.5 Å². The van der Waals surface area contributed by atoms with E-state index in [0.29, 0.717) is 30.9 Å². The van der Waals surface area contributed by atoms with Crippen LogP contribution < -0.4 is 15.6 Å². The van der Waals surface area contributed by atoms with Crippen LogP contribution in [0.2, 0.25) is 5.02 Å². The van der Waals surface area contributed by atoms with E-state index in [4.69, 9.17) is 11.6 Å². The number of halogens is 2. The van der Waals surface area contributed by atoms with Gasteiger partial charge in [0, 0.05) is 31.4 Å². The van der Waals surface area contributed by atoms with Gasteiger partial charge in [-0.1, -0.05) is 49.7 Å². The number of fused-ring (bicyclic) bond motifs is 1. The first-order valence-electron chi connectivity index (χ1n) is 13.5. The van der Waals surface area contributed by atoms with Gasteiger partial charge in [-0.05, 0) is 55.7 Å². The van der Waals surface area contributed by atoms with Crippen molar-refractivity contribution in [3.05, 3.63) is 74.3 Å². The fraction of sp³-hybridized carbons (Fsp3) is 0.433. The van der Waals surface area contributed by atoms with E-state index in [-0.39, 0.29) is 40.0 Å². The molecule has 2 aliphatic rings. The summed E-state index contributed by atoms with van der Waals surface area (Å²) in [6, 6.07) is 9.08. The molecule has 0 bridgehead atoms. The average molecular weight is 554 g/mol. The molecule has 206 valence electrons. The summed E-state index contributed by atoms with van der Waals surface area (Å²) in [4.78, 5) is 39.3. The van der Waals surface area contributed by atoms with Gasteiger partial charge >= 0.3 is 5.97 Å². The highest BCUT2D eigenvalue weighted by atomic mass is 35.5. The maximum atomic E-state index is 15.4. The lowest BCUT2D eigenvalue weighted by Crippen LogP contribution is -2.39. The second-order valence-electron chi connectivity index (χ2n) is 11.2. The Bertz CT molecular complexity index is 1500. The summed E-state index contributed by atoms with van der Waals surface area (Å²) >= 11 is 6.76. The summed E-state index contributed by atoms with van der Waals surface area (Å²) in [5.41, 5.74) is 1.56. The molecular weight excluding hydrogens is 521 g/mol. The van der Waals surface area contributed by atoms with Crippen molar-refractivity contribution >= 4 is 40.1 Å². The van der Waals surface area contributed by atoms with Crippen LogP contribution in [0.15, 0.2) is 41.3 Å². The number of nitrogens with one attached hydrogen (secondary N) is 1. The maximum Gasteiger partial charge on any atom is 0.341 e. The summed E-state index contributed by atoms with van der Waals surface area (Å²) in [6.07, 6.45) is 4.59. The van der Waals surface area contributed by atoms with Gasteiger partial charge in [-0.25, -0.2) is 9.18 Å². The molecule has 7 nitrogen and oxygen atoms in total. The first-order chi connectivity index (χ1) is 18.5. The number of aromatic nitrogens is 1. The molecule has 2 atom stereocenters. The van der Waals surface area contributed by atoms with Crippen molar-refractivity contribution in [2.75, 3.05) is 18.0 Å². The quantitative estimate of drug-likeness (QED) is 0.383. The smallest absolute Gasteiger partial charge is 0.341 e. The molecule has 0 radical (unpaired) electrons. The van der Waals surface area contributed by atoms with Crippen molar-refractivity contribution in [3.63, 3.8) is 0 Å². The Morgan fingerprint density at radius 3 is 2.46 bits per heavy atom. The van der Waals surface area contributed by atoms with E-state index in [2.05, 4.69) is 31.3 Å². The normalized spacial score (nSPS) is 18.1. The number of anilines is 1. The molecule has 0 spiro atoms. The van der Waals surface area contributed by atoms with Gasteiger partial charge in [0.25, 0.3) is 0 Å². The molecule has 2 aromatic carbocycles. The SMILES string of the molecule is CC(C)Cc1ccc(C(C)C(=O)NC2CCN(c3c(F)cc4c(=O)c(C(=O)O)cn(C5CC5)c4c3Cl)C2)cc1. The van der Waals surface area contributed by atoms with Crippen LogP contribution in [-0.2, 0) is 11.2 Å². The van der Waals surface area contributed by atoms with Gasteiger partial charge in [-0.15, -0.1) is 0 Å². The Kier molecular flexibility index (Phi) is 7.42. The molecule has 1 aromatic heterocycles. The summed E-state index contributed by atoms with van der Waals surface area (Å²) in [5.74, 6) is -1.89. The molecule has 39 heavy (non-hydrogen) atoms. The number of nitrogens with zero attached hydrogens (tertiary/aromatic N) is 2. The molecule has 1 saturated heterocycles. The van der Waals surface area contributed by atoms with Gasteiger partial charge < -0.3 is 19.9 Å². The van der Waals surface area contributed by atoms with Gasteiger partial charge in [-0.2, -0.15) is 0 Å². The number of pyridine rings is 1. The van der Waals surface area contributed by atoms with E-state index in [0.717, 1.165) is 30.9 Å². The zero-order valence-corrected chi connectivity index (χ0v) is 23.1. The van der Waals surface area contributed by atoms with Crippen LogP contribution in [0.1, 0.15) is 73.5 Å². The van der Waals surface area contributed by atoms with Crippen molar-refractivity contribution in [1.82, 2.24) is 9.88 Å². The molecule has 2 N–H and O–H groups in total. The Morgan fingerprint density at radius 1 is 1.15 bits per heavy atom. The summed E-state index contributed by atoms with van der Waals surface area (Å²) in [5, 5.41) is 12.6. The second-order valence-corrected chi connectivity index (χ2v) is 11.6. The number of carbonyl (C=O) groups is 2. The van der Waals surface area contributed by atoms with Gasteiger partial charge in [-0.3, -0.25) is 9.59 Å². The highest BCUT2D eigenvalue weighted by molar-refractivity contribution is 6.38. The first-order valence-corrected chi connectivity index (χ1v) is 13.9. The van der Waals surface area contributed by atoms with Gasteiger partial charge in [0.2, 0.25) is 11.3 Å². The maximum absolute atomic E-state index is 15.4. The third-order valence-electron chi connectivity index (χ3n) is 7.72. The number of hydrogen-bond acceptors (Lipinski definition) is 4. The van der Waals surface area contributed by atoms with E-state index >= 15 is 4.39 Å². The minimum Gasteiger partial charge on any atom is -0.477 e. The number of rotatable bonds is 8. The highest BCUT2D eigenvalue weighted by Gasteiger charge is 2.33. The molecule has 1 saturated carbocycles. The molecule has 1 aliphatic carbocycles. The predicted molar refractivity (Wildman–Crippen MR) is 151 cm³/mol. The number of benzene rings is 2. The topological polar surface area (TPSA) is 91.6 Å². The van der Waals surface area contributed by atoms with E-state index in [1.54, 1.807) is 9.47 Å². The number of carboxylic acids is 1. The third-order valence-corrected chi connectivity index (χ3v) is 8.08. The largest absolute Gasteiger partial charge is 0.477 e. The average Bonchev–Trinajstić information content (AvgIpc) is 3.63. The molecule has 1 amide bonds. The Labute approximate surface area is 231 Å². The summed E-state index contributed by atoms with van der Waals surface area (Å²) in [6.45, 7) is 7.07.